The summed E-state index contributed by atoms with van der Waals surface area (Å²) in [5.74, 6) is -0.765. The first-order chi connectivity index (χ1) is 5.63. The second kappa shape index (κ2) is 6.38. The molecular formula is C9H14BrFO. The second-order valence-electron chi connectivity index (χ2n) is 2.62. The van der Waals surface area contributed by atoms with Crippen LogP contribution in [0.25, 0.3) is 0 Å². The first-order valence-corrected chi connectivity index (χ1v) is 4.97. The molecule has 0 aliphatic rings. The van der Waals surface area contributed by atoms with E-state index in [1.165, 1.54) is 12.2 Å². The zero-order chi connectivity index (χ0) is 9.56. The van der Waals surface area contributed by atoms with Gasteiger partial charge in [0.2, 0.25) is 0 Å². The van der Waals surface area contributed by atoms with Gasteiger partial charge in [-0.3, -0.25) is 0 Å². The fraction of sp³-hybridized carbons (Fsp3) is 0.556. The molecule has 0 aromatic carbocycles. The molecule has 0 saturated carbocycles. The fourth-order valence-electron chi connectivity index (χ4n) is 0.810. The quantitative estimate of drug-likeness (QED) is 0.575. The van der Waals surface area contributed by atoms with Crippen LogP contribution in [0.15, 0.2) is 24.6 Å². The Balaban J connectivity index is 4.07. The van der Waals surface area contributed by atoms with Crippen LogP contribution in [0.4, 0.5) is 4.39 Å². The fourth-order valence-corrected chi connectivity index (χ4v) is 1.28. The number of hydrogen-bond donors (Lipinski definition) is 1. The molecule has 2 atom stereocenters. The van der Waals surface area contributed by atoms with Crippen molar-refractivity contribution in [1.82, 2.24) is 0 Å². The summed E-state index contributed by atoms with van der Waals surface area (Å²) in [6.45, 7) is 5.04. The van der Waals surface area contributed by atoms with Gasteiger partial charge in [-0.25, -0.2) is 4.39 Å². The molecule has 12 heavy (non-hydrogen) atoms. The van der Waals surface area contributed by atoms with Crippen molar-refractivity contribution in [2.24, 2.45) is 5.92 Å². The van der Waals surface area contributed by atoms with Crippen LogP contribution in [0.2, 0.25) is 0 Å². The molecular weight excluding hydrogens is 223 g/mol. The highest BCUT2D eigenvalue weighted by molar-refractivity contribution is 9.09. The number of aliphatic hydroxyl groups is 1. The summed E-state index contributed by atoms with van der Waals surface area (Å²) < 4.78 is 13.0. The van der Waals surface area contributed by atoms with Crippen LogP contribution in [-0.4, -0.2) is 16.5 Å². The maximum atomic E-state index is 13.0. The highest BCUT2D eigenvalue weighted by atomic mass is 79.9. The van der Waals surface area contributed by atoms with Gasteiger partial charge in [-0.2, -0.15) is 0 Å². The summed E-state index contributed by atoms with van der Waals surface area (Å²) >= 11 is 3.18. The lowest BCUT2D eigenvalue weighted by Gasteiger charge is -2.15. The Bertz CT molecular complexity index is 168. The lowest BCUT2D eigenvalue weighted by atomic mass is 10.0. The Morgan fingerprint density at radius 1 is 1.75 bits per heavy atom. The van der Waals surface area contributed by atoms with E-state index in [2.05, 4.69) is 22.5 Å². The summed E-state index contributed by atoms with van der Waals surface area (Å²) in [7, 11) is 0. The number of aliphatic hydroxyl groups excluding tert-OH is 1. The summed E-state index contributed by atoms with van der Waals surface area (Å²) in [5, 5.41) is 10.1. The van der Waals surface area contributed by atoms with Crippen molar-refractivity contribution in [2.75, 3.05) is 5.33 Å². The normalized spacial score (nSPS) is 17.2. The number of hydrogen-bond acceptors (Lipinski definition) is 1. The van der Waals surface area contributed by atoms with Gasteiger partial charge in [-0.05, 0) is 12.5 Å². The highest BCUT2D eigenvalue weighted by Crippen LogP contribution is 2.18. The Hall–Kier alpha value is -0.150. The zero-order valence-corrected chi connectivity index (χ0v) is 8.72. The molecule has 3 heteroatoms. The third-order valence-electron chi connectivity index (χ3n) is 1.69. The maximum Gasteiger partial charge on any atom is 0.105 e. The van der Waals surface area contributed by atoms with Crippen molar-refractivity contribution in [2.45, 2.75) is 19.4 Å². The smallest absolute Gasteiger partial charge is 0.105 e. The molecule has 0 radical (unpaired) electrons. The van der Waals surface area contributed by atoms with Crippen molar-refractivity contribution in [1.29, 1.82) is 0 Å². The summed E-state index contributed by atoms with van der Waals surface area (Å²) in [5.41, 5.74) is 0. The van der Waals surface area contributed by atoms with E-state index < -0.39 is 12.0 Å². The predicted molar refractivity (Wildman–Crippen MR) is 53.0 cm³/mol. The largest absolute Gasteiger partial charge is 0.392 e. The van der Waals surface area contributed by atoms with Crippen LogP contribution in [0, 0.1) is 5.92 Å². The molecule has 0 spiro atoms. The van der Waals surface area contributed by atoms with Crippen molar-refractivity contribution < 1.29 is 9.50 Å². The van der Waals surface area contributed by atoms with E-state index in [-0.39, 0.29) is 5.83 Å². The van der Waals surface area contributed by atoms with E-state index in [4.69, 9.17) is 0 Å². The van der Waals surface area contributed by atoms with Crippen molar-refractivity contribution >= 4 is 15.9 Å². The number of alkyl halides is 1. The van der Waals surface area contributed by atoms with Crippen molar-refractivity contribution in [3.63, 3.8) is 0 Å². The van der Waals surface area contributed by atoms with Gasteiger partial charge in [0.1, 0.15) is 5.83 Å². The molecule has 0 bridgehead atoms. The molecule has 1 nitrogen and oxygen atoms in total. The maximum absolute atomic E-state index is 13.0. The minimum atomic E-state index is -0.624. The molecule has 0 saturated heterocycles. The van der Waals surface area contributed by atoms with E-state index in [0.29, 0.717) is 11.8 Å². The Morgan fingerprint density at radius 2 is 2.33 bits per heavy atom. The first kappa shape index (κ1) is 11.8. The third-order valence-corrected chi connectivity index (χ3v) is 2.15. The molecule has 0 aromatic heterocycles. The minimum absolute atomic E-state index is 0.321. The molecule has 70 valence electrons. The molecule has 1 N–H and O–H groups in total. The van der Waals surface area contributed by atoms with Crippen LogP contribution < -0.4 is 0 Å². The Kier molecular flexibility index (Phi) is 6.30. The van der Waals surface area contributed by atoms with E-state index in [1.54, 1.807) is 6.92 Å². The average Bonchev–Trinajstić information content (AvgIpc) is 2.04. The van der Waals surface area contributed by atoms with Crippen molar-refractivity contribution in [3.05, 3.63) is 24.6 Å². The average molecular weight is 237 g/mol. The number of halogens is 2. The van der Waals surface area contributed by atoms with E-state index in [0.717, 1.165) is 0 Å². The van der Waals surface area contributed by atoms with Crippen molar-refractivity contribution in [3.8, 4) is 0 Å². The highest BCUT2D eigenvalue weighted by Gasteiger charge is 2.17. The molecule has 0 heterocycles. The molecule has 0 aliphatic heterocycles. The third kappa shape index (κ3) is 4.02. The van der Waals surface area contributed by atoms with Gasteiger partial charge < -0.3 is 5.11 Å². The van der Waals surface area contributed by atoms with Crippen LogP contribution in [0.5, 0.6) is 0 Å². The zero-order valence-electron chi connectivity index (χ0n) is 7.13. The number of allylic oxidation sites excluding steroid dienone is 2. The van der Waals surface area contributed by atoms with Gasteiger partial charge in [0, 0.05) is 11.2 Å². The molecule has 0 rings (SSSR count). The molecule has 0 aromatic rings. The monoisotopic (exact) mass is 236 g/mol. The first-order valence-electron chi connectivity index (χ1n) is 3.85. The summed E-state index contributed by atoms with van der Waals surface area (Å²) in [6.07, 6.45) is 2.59. The number of rotatable bonds is 5. The molecule has 0 aliphatic carbocycles. The Labute approximate surface area is 81.1 Å². The molecule has 0 fully saturated rings. The minimum Gasteiger partial charge on any atom is -0.392 e. The van der Waals surface area contributed by atoms with Crippen LogP contribution in [0.3, 0.4) is 0 Å². The lowest BCUT2D eigenvalue weighted by molar-refractivity contribution is 0.119. The summed E-state index contributed by atoms with van der Waals surface area (Å²) in [4.78, 5) is 0. The van der Waals surface area contributed by atoms with Crippen LogP contribution in [-0.2, 0) is 0 Å². The SMILES string of the molecule is C=C/C=C(/F)C(C)C(O)CCBr. The van der Waals surface area contributed by atoms with E-state index >= 15 is 0 Å². The lowest BCUT2D eigenvalue weighted by Crippen LogP contribution is -2.18. The topological polar surface area (TPSA) is 20.2 Å². The standard InChI is InChI=1S/C9H14BrFO/c1-3-4-8(11)7(2)9(12)5-6-10/h3-4,7,9,12H,1,5-6H2,2H3/b8-4+. The van der Waals surface area contributed by atoms with E-state index in [1.807, 2.05) is 0 Å². The summed E-state index contributed by atoms with van der Waals surface area (Å²) in [6, 6.07) is 0. The Morgan fingerprint density at radius 3 is 2.75 bits per heavy atom. The van der Waals surface area contributed by atoms with Gasteiger partial charge in [0.25, 0.3) is 0 Å². The second-order valence-corrected chi connectivity index (χ2v) is 3.41. The van der Waals surface area contributed by atoms with Gasteiger partial charge >= 0.3 is 0 Å². The van der Waals surface area contributed by atoms with Gasteiger partial charge in [-0.15, -0.1) is 0 Å². The van der Waals surface area contributed by atoms with Crippen LogP contribution >= 0.6 is 15.9 Å². The molecule has 2 unspecified atom stereocenters. The van der Waals surface area contributed by atoms with Gasteiger partial charge in [-0.1, -0.05) is 35.5 Å². The van der Waals surface area contributed by atoms with Gasteiger partial charge in [0.05, 0.1) is 6.10 Å². The van der Waals surface area contributed by atoms with E-state index in [9.17, 15) is 9.50 Å². The predicted octanol–water partition coefficient (Wildman–Crippen LogP) is 2.81. The molecule has 0 amide bonds. The van der Waals surface area contributed by atoms with Gasteiger partial charge in [0.15, 0.2) is 0 Å². The van der Waals surface area contributed by atoms with Crippen LogP contribution in [0.1, 0.15) is 13.3 Å².